The van der Waals surface area contributed by atoms with Crippen molar-refractivity contribution >= 4 is 11.9 Å². The third-order valence-electron chi connectivity index (χ3n) is 3.86. The summed E-state index contributed by atoms with van der Waals surface area (Å²) >= 11 is 0. The molecule has 0 saturated heterocycles. The third-order valence-corrected chi connectivity index (χ3v) is 3.86. The van der Waals surface area contributed by atoms with Crippen molar-refractivity contribution in [2.75, 3.05) is 20.6 Å². The zero-order valence-electron chi connectivity index (χ0n) is 14.4. The molecule has 2 rings (SSSR count). The predicted molar refractivity (Wildman–Crippen MR) is 93.3 cm³/mol. The standard InChI is InChI=1S/C19H21FN2O3/c1-12-4-5-14(10-16(12)19(24)25)18(23)21-17(11-22(2)3)13-6-8-15(20)9-7-13/h4-10,17H,11H2,1-3H3,(H,21,23)(H,24,25). The highest BCUT2D eigenvalue weighted by molar-refractivity contribution is 5.98. The number of carbonyl (C=O) groups excluding carboxylic acids is 1. The SMILES string of the molecule is Cc1ccc(C(=O)NC(CN(C)C)c2ccc(F)cc2)cc1C(=O)O. The fourth-order valence-corrected chi connectivity index (χ4v) is 2.53. The number of carboxylic acid groups (broad SMARTS) is 1. The number of halogens is 1. The quantitative estimate of drug-likeness (QED) is 0.845. The number of rotatable bonds is 6. The van der Waals surface area contributed by atoms with Gasteiger partial charge in [-0.05, 0) is 56.4 Å². The molecular weight excluding hydrogens is 323 g/mol. The van der Waals surface area contributed by atoms with Crippen molar-refractivity contribution in [3.63, 3.8) is 0 Å². The van der Waals surface area contributed by atoms with Gasteiger partial charge in [0.25, 0.3) is 5.91 Å². The number of hydrogen-bond donors (Lipinski definition) is 2. The highest BCUT2D eigenvalue weighted by Gasteiger charge is 2.18. The number of carbonyl (C=O) groups is 2. The highest BCUT2D eigenvalue weighted by atomic mass is 19.1. The molecule has 1 unspecified atom stereocenters. The van der Waals surface area contributed by atoms with Crippen LogP contribution in [0.15, 0.2) is 42.5 Å². The van der Waals surface area contributed by atoms with Crippen LogP contribution < -0.4 is 5.32 Å². The first kappa shape index (κ1) is 18.6. The second-order valence-corrected chi connectivity index (χ2v) is 6.17. The summed E-state index contributed by atoms with van der Waals surface area (Å²) in [5.41, 5.74) is 1.73. The molecular formula is C19H21FN2O3. The molecule has 132 valence electrons. The lowest BCUT2D eigenvalue weighted by Crippen LogP contribution is -2.35. The molecule has 0 aliphatic carbocycles. The van der Waals surface area contributed by atoms with Gasteiger partial charge in [-0.25, -0.2) is 9.18 Å². The summed E-state index contributed by atoms with van der Waals surface area (Å²) in [4.78, 5) is 25.7. The monoisotopic (exact) mass is 344 g/mol. The van der Waals surface area contributed by atoms with Crippen LogP contribution in [0.5, 0.6) is 0 Å². The molecule has 1 atom stereocenters. The maximum Gasteiger partial charge on any atom is 0.335 e. The van der Waals surface area contributed by atoms with Gasteiger partial charge in [0.05, 0.1) is 11.6 Å². The van der Waals surface area contributed by atoms with Crippen molar-refractivity contribution in [3.8, 4) is 0 Å². The molecule has 0 aromatic heterocycles. The van der Waals surface area contributed by atoms with E-state index in [0.717, 1.165) is 5.56 Å². The van der Waals surface area contributed by atoms with Crippen molar-refractivity contribution in [1.29, 1.82) is 0 Å². The molecule has 6 heteroatoms. The Morgan fingerprint density at radius 3 is 2.36 bits per heavy atom. The molecule has 1 amide bonds. The maximum atomic E-state index is 13.1. The van der Waals surface area contributed by atoms with Gasteiger partial charge in [0.1, 0.15) is 5.82 Å². The summed E-state index contributed by atoms with van der Waals surface area (Å²) in [6.07, 6.45) is 0. The molecule has 2 N–H and O–H groups in total. The van der Waals surface area contributed by atoms with Gasteiger partial charge >= 0.3 is 5.97 Å². The van der Waals surface area contributed by atoms with Crippen LogP contribution >= 0.6 is 0 Å². The summed E-state index contributed by atoms with van der Waals surface area (Å²) < 4.78 is 13.1. The second kappa shape index (κ2) is 7.90. The van der Waals surface area contributed by atoms with Crippen LogP contribution in [0.4, 0.5) is 4.39 Å². The minimum Gasteiger partial charge on any atom is -0.478 e. The zero-order chi connectivity index (χ0) is 18.6. The van der Waals surface area contributed by atoms with Crippen LogP contribution in [0.1, 0.15) is 37.9 Å². The van der Waals surface area contributed by atoms with E-state index in [1.165, 1.54) is 18.2 Å². The van der Waals surface area contributed by atoms with Crippen LogP contribution in [0.2, 0.25) is 0 Å². The lowest BCUT2D eigenvalue weighted by Gasteiger charge is -2.23. The lowest BCUT2D eigenvalue weighted by molar-refractivity contribution is 0.0696. The first-order valence-corrected chi connectivity index (χ1v) is 7.83. The lowest BCUT2D eigenvalue weighted by atomic mass is 10.0. The minimum absolute atomic E-state index is 0.0959. The molecule has 0 aliphatic heterocycles. The molecule has 0 radical (unpaired) electrons. The Bertz CT molecular complexity index is 773. The first-order valence-electron chi connectivity index (χ1n) is 7.83. The number of hydrogen-bond acceptors (Lipinski definition) is 3. The summed E-state index contributed by atoms with van der Waals surface area (Å²) in [6.45, 7) is 2.20. The van der Waals surface area contributed by atoms with Gasteiger partial charge in [0.2, 0.25) is 0 Å². The fourth-order valence-electron chi connectivity index (χ4n) is 2.53. The van der Waals surface area contributed by atoms with Crippen molar-refractivity contribution in [3.05, 3.63) is 70.5 Å². The van der Waals surface area contributed by atoms with Crippen molar-refractivity contribution in [1.82, 2.24) is 10.2 Å². The van der Waals surface area contributed by atoms with Crippen LogP contribution in [0, 0.1) is 12.7 Å². The Hall–Kier alpha value is -2.73. The van der Waals surface area contributed by atoms with Gasteiger partial charge in [-0.15, -0.1) is 0 Å². The molecule has 0 fully saturated rings. The van der Waals surface area contributed by atoms with Gasteiger partial charge in [-0.3, -0.25) is 4.79 Å². The predicted octanol–water partition coefficient (Wildman–Crippen LogP) is 2.87. The van der Waals surface area contributed by atoms with Gasteiger partial charge in [-0.1, -0.05) is 18.2 Å². The number of likely N-dealkylation sites (N-methyl/N-ethyl adjacent to an activating group) is 1. The van der Waals surface area contributed by atoms with E-state index in [1.54, 1.807) is 31.2 Å². The van der Waals surface area contributed by atoms with E-state index in [0.29, 0.717) is 12.1 Å². The molecule has 0 bridgehead atoms. The van der Waals surface area contributed by atoms with Crippen LogP contribution in [0.25, 0.3) is 0 Å². The number of aryl methyl sites for hydroxylation is 1. The fraction of sp³-hybridized carbons (Fsp3) is 0.263. The molecule has 0 saturated carbocycles. The summed E-state index contributed by atoms with van der Waals surface area (Å²) in [7, 11) is 3.74. The van der Waals surface area contributed by atoms with Gasteiger partial charge in [0.15, 0.2) is 0 Å². The number of nitrogens with zero attached hydrogens (tertiary/aromatic N) is 1. The molecule has 2 aromatic carbocycles. The van der Waals surface area contributed by atoms with E-state index in [4.69, 9.17) is 0 Å². The van der Waals surface area contributed by atoms with E-state index in [2.05, 4.69) is 5.32 Å². The minimum atomic E-state index is -1.07. The number of amides is 1. The van der Waals surface area contributed by atoms with E-state index < -0.39 is 5.97 Å². The smallest absolute Gasteiger partial charge is 0.335 e. The summed E-state index contributed by atoms with van der Waals surface area (Å²) in [5.74, 6) is -1.79. The van der Waals surface area contributed by atoms with E-state index in [9.17, 15) is 19.1 Å². The molecule has 0 heterocycles. The van der Waals surface area contributed by atoms with Crippen LogP contribution in [-0.2, 0) is 0 Å². The zero-order valence-corrected chi connectivity index (χ0v) is 14.4. The average molecular weight is 344 g/mol. The molecule has 5 nitrogen and oxygen atoms in total. The summed E-state index contributed by atoms with van der Waals surface area (Å²) in [5, 5.41) is 12.1. The molecule has 25 heavy (non-hydrogen) atoms. The van der Waals surface area contributed by atoms with E-state index >= 15 is 0 Å². The summed E-state index contributed by atoms with van der Waals surface area (Å²) in [6, 6.07) is 10.2. The third kappa shape index (κ3) is 4.87. The average Bonchev–Trinajstić information content (AvgIpc) is 2.54. The molecule has 0 aliphatic rings. The Morgan fingerprint density at radius 2 is 1.80 bits per heavy atom. The van der Waals surface area contributed by atoms with E-state index in [1.807, 2.05) is 19.0 Å². The van der Waals surface area contributed by atoms with Crippen LogP contribution in [-0.4, -0.2) is 42.5 Å². The Labute approximate surface area is 146 Å². The highest BCUT2D eigenvalue weighted by Crippen LogP contribution is 2.17. The number of benzene rings is 2. The van der Waals surface area contributed by atoms with Gasteiger partial charge in [-0.2, -0.15) is 0 Å². The molecule has 2 aromatic rings. The normalized spacial score (nSPS) is 12.0. The first-order chi connectivity index (χ1) is 11.8. The Morgan fingerprint density at radius 1 is 1.16 bits per heavy atom. The van der Waals surface area contributed by atoms with Gasteiger partial charge in [0, 0.05) is 12.1 Å². The Balaban J connectivity index is 2.26. The number of carboxylic acids is 1. The van der Waals surface area contributed by atoms with Crippen LogP contribution in [0.3, 0.4) is 0 Å². The molecule has 0 spiro atoms. The second-order valence-electron chi connectivity index (χ2n) is 6.17. The largest absolute Gasteiger partial charge is 0.478 e. The van der Waals surface area contributed by atoms with Crippen molar-refractivity contribution < 1.29 is 19.1 Å². The Kier molecular flexibility index (Phi) is 5.88. The number of nitrogens with one attached hydrogen (secondary N) is 1. The number of aromatic carboxylic acids is 1. The van der Waals surface area contributed by atoms with Crippen molar-refractivity contribution in [2.24, 2.45) is 0 Å². The van der Waals surface area contributed by atoms with E-state index in [-0.39, 0.29) is 28.9 Å². The van der Waals surface area contributed by atoms with Gasteiger partial charge < -0.3 is 15.3 Å². The van der Waals surface area contributed by atoms with Crippen molar-refractivity contribution in [2.45, 2.75) is 13.0 Å². The topological polar surface area (TPSA) is 69.6 Å². The maximum absolute atomic E-state index is 13.1.